The predicted octanol–water partition coefficient (Wildman–Crippen LogP) is 5.11. The molecule has 0 fully saturated rings. The van der Waals surface area contributed by atoms with Gasteiger partial charge >= 0.3 is 0 Å². The van der Waals surface area contributed by atoms with Crippen LogP contribution in [0, 0.1) is 0 Å². The van der Waals surface area contributed by atoms with Crippen molar-refractivity contribution in [1.29, 1.82) is 0 Å². The second-order valence-corrected chi connectivity index (χ2v) is 10.1. The molecule has 0 aromatic carbocycles. The monoisotopic (exact) mass is 540 g/mol. The smallest absolute Gasteiger partial charge is 0.266 e. The number of H-pyrrole nitrogens is 1. The average Bonchev–Trinajstić information content (AvgIpc) is 3.41. The fourth-order valence-corrected chi connectivity index (χ4v) is 5.24. The number of hydrogen-bond acceptors (Lipinski definition) is 6. The van der Waals surface area contributed by atoms with Gasteiger partial charge in [0.2, 0.25) is 11.8 Å². The number of halogens is 2. The van der Waals surface area contributed by atoms with E-state index in [1.807, 2.05) is 24.3 Å². The Hall–Kier alpha value is -3.56. The number of carbonyl (C=O) groups is 1. The first kappa shape index (κ1) is 25.1. The first-order valence-electron chi connectivity index (χ1n) is 11.8. The standard InChI is InChI=1S/C26H26Cl2N6O3/c1-13(2)33-20(18-12-31-26(29-3)32-24(18)37-4)10-17-22(33)21(14-5-7-15(27)8-6-14)34(25(17)36)16-9-19(28)23(35)30-11-16/h5-7,9-13,15,21H,8H2,1-4H3,(H,30,35)(H,29,31,32). The highest BCUT2D eigenvalue weighted by molar-refractivity contribution is 6.30. The summed E-state index contributed by atoms with van der Waals surface area (Å²) in [6, 6.07) is 2.89. The minimum absolute atomic E-state index is 0.00792. The molecular weight excluding hydrogens is 515 g/mol. The molecule has 0 saturated carbocycles. The van der Waals surface area contributed by atoms with Crippen LogP contribution in [0.25, 0.3) is 11.3 Å². The topological polar surface area (TPSA) is 105 Å². The van der Waals surface area contributed by atoms with Gasteiger partial charge in [-0.3, -0.25) is 14.5 Å². The van der Waals surface area contributed by atoms with Crippen molar-refractivity contribution < 1.29 is 9.53 Å². The minimum atomic E-state index is -0.468. The average molecular weight is 541 g/mol. The number of allylic oxidation sites excluding steroid dienone is 2. The lowest BCUT2D eigenvalue weighted by Gasteiger charge is -2.30. The fourth-order valence-electron chi connectivity index (χ4n) is 4.91. The summed E-state index contributed by atoms with van der Waals surface area (Å²) in [4.78, 5) is 39.1. The van der Waals surface area contributed by atoms with Crippen molar-refractivity contribution >= 4 is 40.7 Å². The molecule has 1 amide bonds. The van der Waals surface area contributed by atoms with E-state index in [-0.39, 0.29) is 22.3 Å². The number of anilines is 2. The highest BCUT2D eigenvalue weighted by atomic mass is 35.5. The van der Waals surface area contributed by atoms with Gasteiger partial charge in [-0.2, -0.15) is 4.98 Å². The van der Waals surface area contributed by atoms with Gasteiger partial charge in [0.05, 0.1) is 40.7 Å². The zero-order valence-corrected chi connectivity index (χ0v) is 22.3. The van der Waals surface area contributed by atoms with Crippen LogP contribution in [-0.2, 0) is 0 Å². The normalized spacial score (nSPS) is 18.8. The van der Waals surface area contributed by atoms with Gasteiger partial charge in [-0.05, 0) is 38.0 Å². The summed E-state index contributed by atoms with van der Waals surface area (Å²) >= 11 is 12.5. The van der Waals surface area contributed by atoms with Crippen molar-refractivity contribution in [3.05, 3.63) is 75.0 Å². The Labute approximate surface area is 223 Å². The second-order valence-electron chi connectivity index (χ2n) is 9.09. The Balaban J connectivity index is 1.75. The van der Waals surface area contributed by atoms with Gasteiger partial charge < -0.3 is 19.6 Å². The maximum absolute atomic E-state index is 14.0. The van der Waals surface area contributed by atoms with Crippen LogP contribution in [0.3, 0.4) is 0 Å². The van der Waals surface area contributed by atoms with Crippen LogP contribution in [0.5, 0.6) is 5.88 Å². The highest BCUT2D eigenvalue weighted by Gasteiger charge is 2.44. The largest absolute Gasteiger partial charge is 0.480 e. The lowest BCUT2D eigenvalue weighted by molar-refractivity contribution is 0.0993. The van der Waals surface area contributed by atoms with E-state index in [2.05, 4.69) is 38.7 Å². The molecule has 1 aliphatic heterocycles. The summed E-state index contributed by atoms with van der Waals surface area (Å²) in [5.41, 5.74) is 3.80. The van der Waals surface area contributed by atoms with E-state index < -0.39 is 11.6 Å². The van der Waals surface area contributed by atoms with Gasteiger partial charge in [-0.15, -0.1) is 11.6 Å². The van der Waals surface area contributed by atoms with Gasteiger partial charge in [-0.25, -0.2) is 4.98 Å². The Morgan fingerprint density at radius 1 is 1.24 bits per heavy atom. The van der Waals surface area contributed by atoms with Crippen molar-refractivity contribution in [3.8, 4) is 17.1 Å². The van der Waals surface area contributed by atoms with Gasteiger partial charge in [0, 0.05) is 25.5 Å². The summed E-state index contributed by atoms with van der Waals surface area (Å²) < 4.78 is 7.71. The van der Waals surface area contributed by atoms with E-state index in [0.29, 0.717) is 35.1 Å². The Morgan fingerprint density at radius 3 is 2.65 bits per heavy atom. The molecule has 0 radical (unpaired) electrons. The van der Waals surface area contributed by atoms with Crippen LogP contribution >= 0.6 is 23.2 Å². The van der Waals surface area contributed by atoms with Crippen LogP contribution in [0.1, 0.15) is 48.4 Å². The quantitative estimate of drug-likeness (QED) is 0.420. The Kier molecular flexibility index (Phi) is 6.59. The molecule has 0 spiro atoms. The number of aromatic amines is 1. The number of alkyl halides is 1. The zero-order valence-electron chi connectivity index (χ0n) is 20.8. The number of pyridine rings is 1. The van der Waals surface area contributed by atoms with Gasteiger partial charge in [0.15, 0.2) is 0 Å². The van der Waals surface area contributed by atoms with Crippen LogP contribution in [-0.4, -0.2) is 45.0 Å². The van der Waals surface area contributed by atoms with Crippen molar-refractivity contribution in [1.82, 2.24) is 19.5 Å². The number of aromatic nitrogens is 4. The van der Waals surface area contributed by atoms with E-state index in [9.17, 15) is 9.59 Å². The minimum Gasteiger partial charge on any atom is -0.480 e. The number of fused-ring (bicyclic) bond motifs is 1. The molecule has 3 aromatic rings. The molecule has 2 atom stereocenters. The number of carbonyl (C=O) groups excluding carboxylic acids is 1. The van der Waals surface area contributed by atoms with Crippen LogP contribution in [0.15, 0.2) is 53.1 Å². The summed E-state index contributed by atoms with van der Waals surface area (Å²) in [5, 5.41) is 2.81. The van der Waals surface area contributed by atoms with E-state index >= 15 is 0 Å². The number of amides is 1. The van der Waals surface area contributed by atoms with E-state index in [0.717, 1.165) is 17.0 Å². The van der Waals surface area contributed by atoms with Crippen LogP contribution in [0.4, 0.5) is 11.6 Å². The third-order valence-electron chi connectivity index (χ3n) is 6.52. The number of methoxy groups -OCH3 is 1. The SMILES string of the molecule is CNc1ncc(-c2cc3c(n2C(C)C)C(C2=CCC(Cl)C=C2)N(c2c[nH]c(=O)c(Cl)c2)C3=O)c(OC)n1. The summed E-state index contributed by atoms with van der Waals surface area (Å²) in [5.74, 6) is 0.615. The molecule has 11 heteroatoms. The molecule has 5 rings (SSSR count). The van der Waals surface area contributed by atoms with E-state index in [4.69, 9.17) is 27.9 Å². The molecule has 2 N–H and O–H groups in total. The fraction of sp³-hybridized carbons (Fsp3) is 0.308. The molecule has 0 bridgehead atoms. The van der Waals surface area contributed by atoms with Crippen LogP contribution < -0.4 is 20.5 Å². The molecular formula is C26H26Cl2N6O3. The van der Waals surface area contributed by atoms with E-state index in [1.165, 1.54) is 12.3 Å². The highest BCUT2D eigenvalue weighted by Crippen LogP contribution is 2.48. The molecule has 9 nitrogen and oxygen atoms in total. The molecule has 37 heavy (non-hydrogen) atoms. The molecule has 2 unspecified atom stereocenters. The first-order chi connectivity index (χ1) is 17.7. The van der Waals surface area contributed by atoms with E-state index in [1.54, 1.807) is 25.3 Å². The second kappa shape index (κ2) is 9.72. The number of nitrogens with one attached hydrogen (secondary N) is 2. The van der Waals surface area contributed by atoms with Crippen molar-refractivity contribution in [2.24, 2.45) is 0 Å². The number of hydrogen-bond donors (Lipinski definition) is 2. The number of ether oxygens (including phenoxy) is 1. The molecule has 1 aliphatic carbocycles. The third-order valence-corrected chi connectivity index (χ3v) is 7.12. The Bertz CT molecular complexity index is 1510. The molecule has 192 valence electrons. The lowest BCUT2D eigenvalue weighted by Crippen LogP contribution is -2.31. The number of rotatable bonds is 6. The molecule has 0 saturated heterocycles. The van der Waals surface area contributed by atoms with Gasteiger partial charge in [-0.1, -0.05) is 29.8 Å². The summed E-state index contributed by atoms with van der Waals surface area (Å²) in [6.45, 7) is 4.11. The van der Waals surface area contributed by atoms with Crippen molar-refractivity contribution in [2.75, 3.05) is 24.4 Å². The molecule has 4 heterocycles. The molecule has 2 aliphatic rings. The summed E-state index contributed by atoms with van der Waals surface area (Å²) in [6.07, 6.45) is 9.77. The number of nitrogens with zero attached hydrogens (tertiary/aromatic N) is 4. The maximum atomic E-state index is 14.0. The van der Waals surface area contributed by atoms with Crippen molar-refractivity contribution in [2.45, 2.75) is 37.7 Å². The third kappa shape index (κ3) is 4.22. The van der Waals surface area contributed by atoms with Gasteiger partial charge in [0.25, 0.3) is 11.5 Å². The first-order valence-corrected chi connectivity index (χ1v) is 12.6. The maximum Gasteiger partial charge on any atom is 0.266 e. The lowest BCUT2D eigenvalue weighted by atomic mass is 9.97. The molecule has 3 aromatic heterocycles. The van der Waals surface area contributed by atoms with Crippen molar-refractivity contribution in [3.63, 3.8) is 0 Å². The Morgan fingerprint density at radius 2 is 2.03 bits per heavy atom. The van der Waals surface area contributed by atoms with Crippen LogP contribution in [0.2, 0.25) is 5.02 Å². The van der Waals surface area contributed by atoms with Gasteiger partial charge in [0.1, 0.15) is 11.1 Å². The predicted molar refractivity (Wildman–Crippen MR) is 145 cm³/mol. The summed E-state index contributed by atoms with van der Waals surface area (Å²) in [7, 11) is 3.29. The zero-order chi connectivity index (χ0) is 26.4.